The highest BCUT2D eigenvalue weighted by Crippen LogP contribution is 2.41. The minimum absolute atomic E-state index is 0.0638. The summed E-state index contributed by atoms with van der Waals surface area (Å²) in [5, 5.41) is 12.9. The lowest BCUT2D eigenvalue weighted by Crippen LogP contribution is -2.58. The summed E-state index contributed by atoms with van der Waals surface area (Å²) in [6, 6.07) is 8.09. The molecular weight excluding hydrogens is 364 g/mol. The number of carbonyl (C=O) groups is 2. The Hall–Kier alpha value is -1.59. The van der Waals surface area contributed by atoms with Gasteiger partial charge < -0.3 is 10.4 Å². The van der Waals surface area contributed by atoms with Gasteiger partial charge in [0.05, 0.1) is 12.0 Å². The van der Waals surface area contributed by atoms with Crippen molar-refractivity contribution in [2.75, 3.05) is 13.1 Å². The molecule has 0 aromatic heterocycles. The van der Waals surface area contributed by atoms with E-state index in [9.17, 15) is 9.59 Å². The van der Waals surface area contributed by atoms with Crippen LogP contribution in [0.5, 0.6) is 0 Å². The maximum Gasteiger partial charge on any atom is 0.317 e. The maximum absolute atomic E-state index is 13.3. The molecule has 0 heterocycles. The van der Waals surface area contributed by atoms with Crippen LogP contribution in [0.2, 0.25) is 5.02 Å². The normalized spacial score (nSPS) is 24.3. The second kappa shape index (κ2) is 8.61. The third-order valence-corrected chi connectivity index (χ3v) is 6.46. The van der Waals surface area contributed by atoms with E-state index >= 15 is 0 Å². The first-order valence-corrected chi connectivity index (χ1v) is 10.4. The summed E-state index contributed by atoms with van der Waals surface area (Å²) in [5.41, 5.74) is 0.531. The van der Waals surface area contributed by atoms with Crippen LogP contribution in [0.3, 0.4) is 0 Å². The predicted molar refractivity (Wildman–Crippen MR) is 106 cm³/mol. The van der Waals surface area contributed by atoms with Crippen LogP contribution in [0.4, 0.5) is 0 Å². The van der Waals surface area contributed by atoms with E-state index in [1.165, 1.54) is 6.42 Å². The van der Waals surface area contributed by atoms with Crippen molar-refractivity contribution >= 4 is 23.5 Å². The van der Waals surface area contributed by atoms with Gasteiger partial charge in [0.2, 0.25) is 5.91 Å². The molecule has 0 bridgehead atoms. The second-order valence-corrected chi connectivity index (χ2v) is 8.34. The Morgan fingerprint density at radius 2 is 1.96 bits per heavy atom. The number of nitrogens with zero attached hydrogens (tertiary/aromatic N) is 1. The van der Waals surface area contributed by atoms with Gasteiger partial charge >= 0.3 is 5.97 Å². The van der Waals surface area contributed by atoms with Gasteiger partial charge in [0.25, 0.3) is 0 Å². The molecule has 0 atom stereocenters. The molecule has 2 saturated carbocycles. The van der Waals surface area contributed by atoms with Crippen molar-refractivity contribution < 1.29 is 14.7 Å². The van der Waals surface area contributed by atoms with Crippen molar-refractivity contribution in [3.63, 3.8) is 0 Å². The molecule has 2 fully saturated rings. The van der Waals surface area contributed by atoms with Gasteiger partial charge in [-0.1, -0.05) is 49.9 Å². The number of carbonyl (C=O) groups excluding carboxylic acids is 1. The van der Waals surface area contributed by atoms with Crippen molar-refractivity contribution in [1.29, 1.82) is 0 Å². The number of likely N-dealkylation sites (N-methyl/N-ethyl adjacent to an activating group) is 1. The van der Waals surface area contributed by atoms with Crippen LogP contribution in [-0.2, 0) is 15.0 Å². The largest absolute Gasteiger partial charge is 0.480 e. The second-order valence-electron chi connectivity index (χ2n) is 7.91. The van der Waals surface area contributed by atoms with Gasteiger partial charge in [0.1, 0.15) is 0 Å². The molecule has 0 radical (unpaired) electrons. The Morgan fingerprint density at radius 1 is 1.26 bits per heavy atom. The molecule has 5 nitrogen and oxygen atoms in total. The number of benzene rings is 1. The molecule has 148 valence electrons. The Bertz CT molecular complexity index is 682. The molecule has 3 rings (SSSR count). The lowest BCUT2D eigenvalue weighted by Gasteiger charge is -2.44. The predicted octanol–water partition coefficient (Wildman–Crippen LogP) is 3.60. The zero-order valence-corrected chi connectivity index (χ0v) is 16.7. The highest BCUT2D eigenvalue weighted by molar-refractivity contribution is 6.30. The lowest BCUT2D eigenvalue weighted by atomic mass is 9.68. The Kier molecular flexibility index (Phi) is 6.43. The Balaban J connectivity index is 1.66. The summed E-state index contributed by atoms with van der Waals surface area (Å²) >= 11 is 6.20. The van der Waals surface area contributed by atoms with E-state index in [2.05, 4.69) is 5.32 Å². The van der Waals surface area contributed by atoms with Gasteiger partial charge in [-0.3, -0.25) is 14.5 Å². The van der Waals surface area contributed by atoms with Gasteiger partial charge in [0, 0.05) is 17.1 Å². The van der Waals surface area contributed by atoms with Crippen LogP contribution in [0.15, 0.2) is 24.3 Å². The van der Waals surface area contributed by atoms with Gasteiger partial charge in [0.15, 0.2) is 0 Å². The first-order chi connectivity index (χ1) is 12.9. The number of hydrogen-bond donors (Lipinski definition) is 2. The number of amides is 1. The minimum Gasteiger partial charge on any atom is -0.480 e. The van der Waals surface area contributed by atoms with E-state index in [0.29, 0.717) is 11.6 Å². The lowest BCUT2D eigenvalue weighted by molar-refractivity contribution is -0.140. The van der Waals surface area contributed by atoms with Crippen LogP contribution in [0, 0.1) is 0 Å². The molecule has 27 heavy (non-hydrogen) atoms. The van der Waals surface area contributed by atoms with Crippen LogP contribution >= 0.6 is 11.6 Å². The number of aliphatic carboxylic acids is 1. The summed E-state index contributed by atoms with van der Waals surface area (Å²) < 4.78 is 0. The monoisotopic (exact) mass is 392 g/mol. The molecule has 1 aromatic carbocycles. The third-order valence-electron chi connectivity index (χ3n) is 6.23. The fourth-order valence-corrected chi connectivity index (χ4v) is 4.78. The minimum atomic E-state index is -0.800. The third kappa shape index (κ3) is 4.46. The van der Waals surface area contributed by atoms with E-state index < -0.39 is 11.4 Å². The van der Waals surface area contributed by atoms with Crippen molar-refractivity contribution in [2.45, 2.75) is 69.4 Å². The van der Waals surface area contributed by atoms with Crippen molar-refractivity contribution in [3.05, 3.63) is 34.9 Å². The van der Waals surface area contributed by atoms with Gasteiger partial charge in [-0.2, -0.15) is 0 Å². The number of carboxylic acid groups (broad SMARTS) is 1. The molecule has 0 aliphatic heterocycles. The summed E-state index contributed by atoms with van der Waals surface area (Å²) in [6.45, 7) is 2.75. The maximum atomic E-state index is 13.3. The SMILES string of the molecule is CCN(CC(=O)O)C1CC(NC(=O)C2(c3cccc(Cl)c3)CCCCC2)C1. The van der Waals surface area contributed by atoms with Crippen LogP contribution in [-0.4, -0.2) is 47.1 Å². The number of hydrogen-bond acceptors (Lipinski definition) is 3. The van der Waals surface area contributed by atoms with Gasteiger partial charge in [-0.05, 0) is 49.9 Å². The summed E-state index contributed by atoms with van der Waals surface area (Å²) in [7, 11) is 0. The van der Waals surface area contributed by atoms with E-state index in [1.807, 2.05) is 36.1 Å². The van der Waals surface area contributed by atoms with Crippen molar-refractivity contribution in [1.82, 2.24) is 10.2 Å². The molecule has 2 N–H and O–H groups in total. The number of carboxylic acids is 1. The van der Waals surface area contributed by atoms with Crippen molar-refractivity contribution in [3.8, 4) is 0 Å². The summed E-state index contributed by atoms with van der Waals surface area (Å²) in [4.78, 5) is 26.3. The number of halogens is 1. The van der Waals surface area contributed by atoms with E-state index in [4.69, 9.17) is 16.7 Å². The van der Waals surface area contributed by atoms with E-state index in [-0.39, 0.29) is 24.5 Å². The van der Waals surface area contributed by atoms with Crippen molar-refractivity contribution in [2.24, 2.45) is 0 Å². The fraction of sp³-hybridized carbons (Fsp3) is 0.619. The molecule has 2 aliphatic carbocycles. The summed E-state index contributed by atoms with van der Waals surface area (Å²) in [6.07, 6.45) is 6.62. The molecular formula is C21H29ClN2O3. The number of nitrogens with one attached hydrogen (secondary N) is 1. The quantitative estimate of drug-likeness (QED) is 0.743. The van der Waals surface area contributed by atoms with Crippen LogP contribution in [0.25, 0.3) is 0 Å². The van der Waals surface area contributed by atoms with E-state index in [0.717, 1.165) is 44.1 Å². The smallest absolute Gasteiger partial charge is 0.317 e. The van der Waals surface area contributed by atoms with E-state index in [1.54, 1.807) is 0 Å². The molecule has 1 amide bonds. The fourth-order valence-electron chi connectivity index (χ4n) is 4.59. The topological polar surface area (TPSA) is 69.6 Å². The molecule has 2 aliphatic rings. The Labute approximate surface area is 166 Å². The first kappa shape index (κ1) is 20.2. The Morgan fingerprint density at radius 3 is 2.56 bits per heavy atom. The highest BCUT2D eigenvalue weighted by atomic mass is 35.5. The van der Waals surface area contributed by atoms with Crippen LogP contribution < -0.4 is 5.32 Å². The number of rotatable bonds is 7. The summed E-state index contributed by atoms with van der Waals surface area (Å²) in [5.74, 6) is -0.694. The van der Waals surface area contributed by atoms with Gasteiger partial charge in [-0.25, -0.2) is 0 Å². The molecule has 0 unspecified atom stereocenters. The first-order valence-electron chi connectivity index (χ1n) is 9.97. The average Bonchev–Trinajstić information content (AvgIpc) is 2.63. The molecule has 0 saturated heterocycles. The molecule has 0 spiro atoms. The van der Waals surface area contributed by atoms with Crippen LogP contribution in [0.1, 0.15) is 57.4 Å². The average molecular weight is 393 g/mol. The standard InChI is InChI=1S/C21H29ClN2O3/c1-2-24(14-19(25)26)18-12-17(13-18)23-20(27)21(9-4-3-5-10-21)15-7-6-8-16(22)11-15/h6-8,11,17-18H,2-5,9-10,12-14H2,1H3,(H,23,27)(H,25,26). The van der Waals surface area contributed by atoms with Gasteiger partial charge in [-0.15, -0.1) is 0 Å². The highest BCUT2D eigenvalue weighted by Gasteiger charge is 2.44. The zero-order valence-electron chi connectivity index (χ0n) is 15.9. The molecule has 6 heteroatoms. The zero-order chi connectivity index (χ0) is 19.4. The molecule has 1 aromatic rings.